The third-order valence-electron chi connectivity index (χ3n) is 4.83. The first-order valence-corrected chi connectivity index (χ1v) is 9.28. The molecule has 0 aromatic carbocycles. The molecule has 0 saturated heterocycles. The zero-order valence-corrected chi connectivity index (χ0v) is 14.0. The highest BCUT2D eigenvalue weighted by atomic mass is 79.9. The molecule has 0 aliphatic heterocycles. The lowest BCUT2D eigenvalue weighted by atomic mass is 9.74. The molecule has 2 aromatic heterocycles. The monoisotopic (exact) mass is 361 g/mol. The number of nitrogens with zero attached hydrogens (tertiary/aromatic N) is 3. The van der Waals surface area contributed by atoms with Crippen LogP contribution < -0.4 is 0 Å². The molecule has 5 heteroatoms. The van der Waals surface area contributed by atoms with Gasteiger partial charge in [0.05, 0.1) is 9.20 Å². The molecule has 21 heavy (non-hydrogen) atoms. The lowest BCUT2D eigenvalue weighted by Crippen LogP contribution is -2.33. The van der Waals surface area contributed by atoms with E-state index in [0.29, 0.717) is 12.0 Å². The van der Waals surface area contributed by atoms with Crippen LogP contribution in [-0.4, -0.2) is 14.8 Å². The van der Waals surface area contributed by atoms with Crippen LogP contribution in [0.2, 0.25) is 0 Å². The topological polar surface area (TPSA) is 30.7 Å². The van der Waals surface area contributed by atoms with Gasteiger partial charge in [0, 0.05) is 16.8 Å². The third-order valence-corrected chi connectivity index (χ3v) is 6.63. The van der Waals surface area contributed by atoms with Gasteiger partial charge in [-0.1, -0.05) is 12.2 Å². The van der Waals surface area contributed by atoms with E-state index in [1.165, 1.54) is 46.0 Å². The van der Waals surface area contributed by atoms with E-state index in [1.807, 2.05) is 11.3 Å². The average Bonchev–Trinajstić information content (AvgIpc) is 3.35. The van der Waals surface area contributed by atoms with Gasteiger partial charge >= 0.3 is 0 Å². The summed E-state index contributed by atoms with van der Waals surface area (Å²) in [6, 6.07) is 5.04. The SMILES string of the molecule is Brc1ccc(C2(c3nnc(C4CC4)n3C3CC3)C=CC2)s1. The third kappa shape index (κ3) is 1.83. The van der Waals surface area contributed by atoms with Crippen molar-refractivity contribution in [2.24, 2.45) is 0 Å². The van der Waals surface area contributed by atoms with E-state index in [9.17, 15) is 0 Å². The first kappa shape index (κ1) is 12.6. The highest BCUT2D eigenvalue weighted by molar-refractivity contribution is 9.11. The number of hydrogen-bond acceptors (Lipinski definition) is 3. The lowest BCUT2D eigenvalue weighted by Gasteiger charge is -2.34. The Balaban J connectivity index is 1.67. The van der Waals surface area contributed by atoms with Gasteiger partial charge in [-0.05, 0) is 60.2 Å². The minimum atomic E-state index is -0.0284. The molecule has 3 nitrogen and oxygen atoms in total. The summed E-state index contributed by atoms with van der Waals surface area (Å²) < 4.78 is 3.69. The zero-order chi connectivity index (χ0) is 14.0. The molecule has 3 aliphatic carbocycles. The van der Waals surface area contributed by atoms with Crippen LogP contribution in [0.3, 0.4) is 0 Å². The van der Waals surface area contributed by atoms with Crippen LogP contribution in [0.5, 0.6) is 0 Å². The molecular formula is C16H16BrN3S. The van der Waals surface area contributed by atoms with Crippen LogP contribution in [0.1, 0.15) is 60.6 Å². The van der Waals surface area contributed by atoms with E-state index < -0.39 is 0 Å². The van der Waals surface area contributed by atoms with Crippen LogP contribution in [-0.2, 0) is 5.41 Å². The van der Waals surface area contributed by atoms with Gasteiger partial charge in [-0.15, -0.1) is 21.5 Å². The molecule has 5 rings (SSSR count). The van der Waals surface area contributed by atoms with Crippen LogP contribution in [0.4, 0.5) is 0 Å². The molecule has 2 fully saturated rings. The normalized spacial score (nSPS) is 27.9. The van der Waals surface area contributed by atoms with E-state index in [2.05, 4.69) is 55.0 Å². The molecule has 2 aromatic rings. The van der Waals surface area contributed by atoms with Crippen molar-refractivity contribution in [3.63, 3.8) is 0 Å². The van der Waals surface area contributed by atoms with E-state index in [1.54, 1.807) is 0 Å². The van der Waals surface area contributed by atoms with Gasteiger partial charge < -0.3 is 4.57 Å². The second kappa shape index (κ2) is 4.29. The highest BCUT2D eigenvalue weighted by Crippen LogP contribution is 2.51. The maximum Gasteiger partial charge on any atom is 0.148 e. The van der Waals surface area contributed by atoms with Gasteiger partial charge in [-0.2, -0.15) is 0 Å². The van der Waals surface area contributed by atoms with Gasteiger partial charge in [0.1, 0.15) is 11.6 Å². The predicted octanol–water partition coefficient (Wildman–Crippen LogP) is 4.56. The molecule has 0 N–H and O–H groups in total. The van der Waals surface area contributed by atoms with Crippen molar-refractivity contribution >= 4 is 27.3 Å². The van der Waals surface area contributed by atoms with Crippen molar-refractivity contribution in [2.45, 2.75) is 49.5 Å². The summed E-state index contributed by atoms with van der Waals surface area (Å²) in [7, 11) is 0. The predicted molar refractivity (Wildman–Crippen MR) is 86.8 cm³/mol. The number of thiophene rings is 1. The summed E-state index contributed by atoms with van der Waals surface area (Å²) in [5.41, 5.74) is -0.0284. The molecule has 108 valence electrons. The maximum absolute atomic E-state index is 4.67. The number of hydrogen-bond donors (Lipinski definition) is 0. The Hall–Kier alpha value is -0.940. The average molecular weight is 362 g/mol. The first-order chi connectivity index (χ1) is 10.3. The Kier molecular flexibility index (Phi) is 2.57. The fourth-order valence-corrected chi connectivity index (χ4v) is 4.85. The Labute approximate surface area is 136 Å². The van der Waals surface area contributed by atoms with Crippen LogP contribution in [0.25, 0.3) is 0 Å². The Morgan fingerprint density at radius 3 is 2.52 bits per heavy atom. The molecule has 0 radical (unpaired) electrons. The van der Waals surface area contributed by atoms with Crippen LogP contribution >= 0.6 is 27.3 Å². The lowest BCUT2D eigenvalue weighted by molar-refractivity contribution is 0.513. The second-order valence-corrected chi connectivity index (χ2v) is 8.90. The van der Waals surface area contributed by atoms with Crippen molar-refractivity contribution in [1.29, 1.82) is 0 Å². The summed E-state index contributed by atoms with van der Waals surface area (Å²) in [6.07, 6.45) is 10.8. The fourth-order valence-electron chi connectivity index (χ4n) is 3.29. The zero-order valence-electron chi connectivity index (χ0n) is 11.6. The second-order valence-electron chi connectivity index (χ2n) is 6.44. The van der Waals surface area contributed by atoms with Crippen molar-refractivity contribution in [3.05, 3.63) is 44.6 Å². The van der Waals surface area contributed by atoms with E-state index in [4.69, 9.17) is 0 Å². The molecule has 0 bridgehead atoms. The molecule has 2 saturated carbocycles. The van der Waals surface area contributed by atoms with Gasteiger partial charge in [-0.3, -0.25) is 0 Å². The van der Waals surface area contributed by atoms with Gasteiger partial charge in [0.25, 0.3) is 0 Å². The van der Waals surface area contributed by atoms with Gasteiger partial charge in [0.15, 0.2) is 0 Å². The highest BCUT2D eigenvalue weighted by Gasteiger charge is 2.46. The van der Waals surface area contributed by atoms with E-state index in [-0.39, 0.29) is 5.41 Å². The largest absolute Gasteiger partial charge is 0.311 e. The molecule has 1 unspecified atom stereocenters. The number of aromatic nitrogens is 3. The molecule has 1 atom stereocenters. The fraction of sp³-hybridized carbons (Fsp3) is 0.500. The molecule has 2 heterocycles. The number of allylic oxidation sites excluding steroid dienone is 2. The number of halogens is 1. The Morgan fingerprint density at radius 1 is 1.19 bits per heavy atom. The summed E-state index contributed by atoms with van der Waals surface area (Å²) in [6.45, 7) is 0. The molecule has 0 amide bonds. The summed E-state index contributed by atoms with van der Waals surface area (Å²) in [5, 5.41) is 9.26. The maximum atomic E-state index is 4.67. The van der Waals surface area contributed by atoms with E-state index in [0.717, 1.165) is 6.42 Å². The van der Waals surface area contributed by atoms with Crippen molar-refractivity contribution in [1.82, 2.24) is 14.8 Å². The number of rotatable bonds is 4. The van der Waals surface area contributed by atoms with Crippen molar-refractivity contribution in [3.8, 4) is 0 Å². The quantitative estimate of drug-likeness (QED) is 0.747. The van der Waals surface area contributed by atoms with Crippen LogP contribution in [0, 0.1) is 0 Å². The summed E-state index contributed by atoms with van der Waals surface area (Å²) in [4.78, 5) is 1.38. The van der Waals surface area contributed by atoms with E-state index >= 15 is 0 Å². The Morgan fingerprint density at radius 2 is 2.00 bits per heavy atom. The molecular weight excluding hydrogens is 346 g/mol. The smallest absolute Gasteiger partial charge is 0.148 e. The summed E-state index contributed by atoms with van der Waals surface area (Å²) in [5.74, 6) is 3.11. The summed E-state index contributed by atoms with van der Waals surface area (Å²) >= 11 is 5.42. The minimum absolute atomic E-state index is 0.0284. The molecule has 3 aliphatic rings. The Bertz CT molecular complexity index is 739. The van der Waals surface area contributed by atoms with Crippen molar-refractivity contribution < 1.29 is 0 Å². The standard InChI is InChI=1S/C16H16BrN3S/c17-13-7-6-12(21-13)16(8-1-9-16)15-19-18-14(10-2-3-10)20(15)11-4-5-11/h1,6-8,10-11H,2-5,9H2. The first-order valence-electron chi connectivity index (χ1n) is 7.67. The van der Waals surface area contributed by atoms with Crippen molar-refractivity contribution in [2.75, 3.05) is 0 Å². The van der Waals surface area contributed by atoms with Gasteiger partial charge in [-0.25, -0.2) is 0 Å². The molecule has 0 spiro atoms. The van der Waals surface area contributed by atoms with Crippen LogP contribution in [0.15, 0.2) is 28.1 Å². The van der Waals surface area contributed by atoms with Gasteiger partial charge in [0.2, 0.25) is 0 Å². The minimum Gasteiger partial charge on any atom is -0.311 e.